The van der Waals surface area contributed by atoms with Crippen molar-refractivity contribution in [2.45, 2.75) is 40.0 Å². The molecule has 12 heavy (non-hydrogen) atoms. The van der Waals surface area contributed by atoms with Gasteiger partial charge >= 0.3 is 0 Å². The van der Waals surface area contributed by atoms with Crippen LogP contribution in [0.3, 0.4) is 0 Å². The third-order valence-electron chi connectivity index (χ3n) is 2.21. The van der Waals surface area contributed by atoms with Crippen molar-refractivity contribution in [3.63, 3.8) is 0 Å². The Hall–Kier alpha value is 0.960. The van der Waals surface area contributed by atoms with Gasteiger partial charge in [-0.25, -0.2) is 0 Å². The van der Waals surface area contributed by atoms with Crippen molar-refractivity contribution in [1.29, 1.82) is 0 Å². The molecule has 0 saturated carbocycles. The van der Waals surface area contributed by atoms with Crippen LogP contribution < -0.4 is 0 Å². The summed E-state index contributed by atoms with van der Waals surface area (Å²) >= 11 is 7.14. The van der Waals surface area contributed by atoms with E-state index in [0.717, 1.165) is 16.6 Å². The van der Waals surface area contributed by atoms with Gasteiger partial charge in [0.15, 0.2) is 0 Å². The first-order valence-electron chi connectivity index (χ1n) is 4.66. The lowest BCUT2D eigenvalue weighted by molar-refractivity contribution is 0.367. The molecule has 0 aromatic carbocycles. The Morgan fingerprint density at radius 1 is 1.17 bits per heavy atom. The fraction of sp³-hybridized carbons (Fsp3) is 1.00. The second-order valence-electron chi connectivity index (χ2n) is 4.36. The minimum Gasteiger partial charge on any atom is -0.0922 e. The maximum absolute atomic E-state index is 3.57. The van der Waals surface area contributed by atoms with Gasteiger partial charge in [0.25, 0.3) is 0 Å². The maximum Gasteiger partial charge on any atom is 0.00933 e. The highest BCUT2D eigenvalue weighted by Gasteiger charge is 2.20. The van der Waals surface area contributed by atoms with Gasteiger partial charge in [0.1, 0.15) is 0 Å². The summed E-state index contributed by atoms with van der Waals surface area (Å²) in [7, 11) is 0. The molecule has 0 nitrogen and oxygen atoms in total. The number of hydrogen-bond donors (Lipinski definition) is 0. The largest absolute Gasteiger partial charge is 0.0922 e. The first-order chi connectivity index (χ1) is 5.54. The molecule has 0 N–H and O–H groups in total. The summed E-state index contributed by atoms with van der Waals surface area (Å²) in [6.45, 7) is 6.91. The molecule has 0 saturated heterocycles. The van der Waals surface area contributed by atoms with Gasteiger partial charge < -0.3 is 0 Å². The van der Waals surface area contributed by atoms with Crippen LogP contribution in [0.25, 0.3) is 0 Å². The molecule has 0 radical (unpaired) electrons. The van der Waals surface area contributed by atoms with Crippen molar-refractivity contribution >= 4 is 31.9 Å². The van der Waals surface area contributed by atoms with E-state index in [1.807, 2.05) is 0 Å². The van der Waals surface area contributed by atoms with Gasteiger partial charge in [-0.2, -0.15) is 0 Å². The van der Waals surface area contributed by atoms with Crippen molar-refractivity contribution in [3.05, 3.63) is 0 Å². The van der Waals surface area contributed by atoms with Gasteiger partial charge in [-0.3, -0.25) is 0 Å². The highest BCUT2D eigenvalue weighted by atomic mass is 79.9. The third-order valence-corrected chi connectivity index (χ3v) is 4.91. The van der Waals surface area contributed by atoms with Gasteiger partial charge in [0, 0.05) is 10.7 Å². The molecular formula is C10H20Br2. The van der Waals surface area contributed by atoms with Crippen LogP contribution in [-0.2, 0) is 0 Å². The van der Waals surface area contributed by atoms with Gasteiger partial charge in [0.05, 0.1) is 0 Å². The van der Waals surface area contributed by atoms with E-state index in [0.29, 0.717) is 5.41 Å². The zero-order chi connectivity index (χ0) is 9.61. The fourth-order valence-electron chi connectivity index (χ4n) is 1.11. The lowest BCUT2D eigenvalue weighted by atomic mass is 9.88. The molecule has 0 aliphatic heterocycles. The van der Waals surface area contributed by atoms with Crippen LogP contribution in [0, 0.1) is 11.3 Å². The molecule has 0 rings (SSSR count). The van der Waals surface area contributed by atoms with Crippen molar-refractivity contribution in [3.8, 4) is 0 Å². The molecule has 2 heteroatoms. The van der Waals surface area contributed by atoms with Crippen molar-refractivity contribution in [2.24, 2.45) is 11.3 Å². The first kappa shape index (κ1) is 13.0. The van der Waals surface area contributed by atoms with E-state index in [1.165, 1.54) is 19.3 Å². The Balaban J connectivity index is 3.58. The first-order valence-corrected chi connectivity index (χ1v) is 6.90. The molecule has 0 aromatic heterocycles. The van der Waals surface area contributed by atoms with Crippen molar-refractivity contribution in [2.75, 3.05) is 10.7 Å². The van der Waals surface area contributed by atoms with E-state index in [-0.39, 0.29) is 0 Å². The van der Waals surface area contributed by atoms with Crippen molar-refractivity contribution in [1.82, 2.24) is 0 Å². The average Bonchev–Trinajstić information content (AvgIpc) is 2.03. The minimum absolute atomic E-state index is 0.453. The molecule has 0 atom stereocenters. The zero-order valence-corrected chi connectivity index (χ0v) is 11.5. The van der Waals surface area contributed by atoms with E-state index in [1.54, 1.807) is 0 Å². The van der Waals surface area contributed by atoms with E-state index in [9.17, 15) is 0 Å². The van der Waals surface area contributed by atoms with Crippen LogP contribution in [0.2, 0.25) is 0 Å². The molecule has 0 unspecified atom stereocenters. The molecule has 0 aliphatic carbocycles. The summed E-state index contributed by atoms with van der Waals surface area (Å²) in [5, 5.41) is 2.20. The quantitative estimate of drug-likeness (QED) is 0.628. The van der Waals surface area contributed by atoms with Gasteiger partial charge in [0.2, 0.25) is 0 Å². The van der Waals surface area contributed by atoms with Crippen LogP contribution in [0.15, 0.2) is 0 Å². The van der Waals surface area contributed by atoms with Crippen LogP contribution in [-0.4, -0.2) is 10.7 Å². The van der Waals surface area contributed by atoms with E-state index >= 15 is 0 Å². The van der Waals surface area contributed by atoms with Gasteiger partial charge in [-0.05, 0) is 17.8 Å². The lowest BCUT2D eigenvalue weighted by Gasteiger charge is -2.24. The van der Waals surface area contributed by atoms with Gasteiger partial charge in [-0.1, -0.05) is 65.5 Å². The highest BCUT2D eigenvalue weighted by Crippen LogP contribution is 2.29. The van der Waals surface area contributed by atoms with Crippen LogP contribution in [0.1, 0.15) is 40.0 Å². The Morgan fingerprint density at radius 3 is 2.00 bits per heavy atom. The molecule has 0 fully saturated rings. The fourth-order valence-corrected chi connectivity index (χ4v) is 2.60. The minimum atomic E-state index is 0.453. The SMILES string of the molecule is CC(C)CCCC(C)(CBr)CBr. The number of halogens is 2. The standard InChI is InChI=1S/C10H20Br2/c1-9(2)5-4-6-10(3,7-11)8-12/h9H,4-8H2,1-3H3. The van der Waals surface area contributed by atoms with Crippen LogP contribution in [0.4, 0.5) is 0 Å². The van der Waals surface area contributed by atoms with Crippen LogP contribution in [0.5, 0.6) is 0 Å². The predicted octanol–water partition coefficient (Wildman–Crippen LogP) is 4.61. The highest BCUT2D eigenvalue weighted by molar-refractivity contribution is 9.09. The normalized spacial score (nSPS) is 12.5. The molecule has 0 aromatic rings. The van der Waals surface area contributed by atoms with Gasteiger partial charge in [-0.15, -0.1) is 0 Å². The number of alkyl halides is 2. The Kier molecular flexibility index (Phi) is 6.93. The molecule has 0 amide bonds. The maximum atomic E-state index is 3.57. The summed E-state index contributed by atoms with van der Waals surface area (Å²) in [5.74, 6) is 0.847. The molecule has 74 valence electrons. The Bertz CT molecular complexity index is 106. The van der Waals surface area contributed by atoms with E-state index < -0.39 is 0 Å². The van der Waals surface area contributed by atoms with E-state index in [4.69, 9.17) is 0 Å². The molecule has 0 aliphatic rings. The number of rotatable bonds is 6. The van der Waals surface area contributed by atoms with E-state index in [2.05, 4.69) is 52.6 Å². The Morgan fingerprint density at radius 2 is 1.67 bits per heavy atom. The second-order valence-corrected chi connectivity index (χ2v) is 5.49. The Labute approximate surface area is 93.8 Å². The summed E-state index contributed by atoms with van der Waals surface area (Å²) < 4.78 is 0. The summed E-state index contributed by atoms with van der Waals surface area (Å²) in [5.41, 5.74) is 0.453. The second kappa shape index (κ2) is 6.42. The monoisotopic (exact) mass is 298 g/mol. The molecule has 0 spiro atoms. The molecular weight excluding hydrogens is 280 g/mol. The smallest absolute Gasteiger partial charge is 0.00933 e. The number of hydrogen-bond acceptors (Lipinski definition) is 0. The molecule has 0 heterocycles. The predicted molar refractivity (Wildman–Crippen MR) is 64.4 cm³/mol. The average molecular weight is 300 g/mol. The zero-order valence-electron chi connectivity index (χ0n) is 8.37. The summed E-state index contributed by atoms with van der Waals surface area (Å²) in [6, 6.07) is 0. The third kappa shape index (κ3) is 5.58. The molecule has 0 bridgehead atoms. The van der Waals surface area contributed by atoms with Crippen molar-refractivity contribution < 1.29 is 0 Å². The van der Waals surface area contributed by atoms with Crippen LogP contribution >= 0.6 is 31.9 Å². The topological polar surface area (TPSA) is 0 Å². The summed E-state index contributed by atoms with van der Waals surface area (Å²) in [6.07, 6.45) is 4.03. The summed E-state index contributed by atoms with van der Waals surface area (Å²) in [4.78, 5) is 0. The lowest BCUT2D eigenvalue weighted by Crippen LogP contribution is -2.20.